The van der Waals surface area contributed by atoms with Gasteiger partial charge >= 0.3 is 0 Å². The van der Waals surface area contributed by atoms with E-state index in [0.29, 0.717) is 53.9 Å². The molecule has 0 aliphatic carbocycles. The predicted octanol–water partition coefficient (Wildman–Crippen LogP) is 3.16. The zero-order valence-electron chi connectivity index (χ0n) is 20.3. The number of benzene rings is 2. The third-order valence-electron chi connectivity index (χ3n) is 6.35. The Morgan fingerprint density at radius 1 is 1.11 bits per heavy atom. The second-order valence-corrected chi connectivity index (χ2v) is 10.9. The van der Waals surface area contributed by atoms with Gasteiger partial charge in [0.25, 0.3) is 5.91 Å². The normalized spacial score (nSPS) is 15.2. The zero-order chi connectivity index (χ0) is 26.3. The lowest BCUT2D eigenvalue weighted by atomic mass is 10.0. The minimum atomic E-state index is -3.60. The van der Waals surface area contributed by atoms with Crippen LogP contribution in [0.4, 0.5) is 4.39 Å². The van der Waals surface area contributed by atoms with Gasteiger partial charge in [-0.3, -0.25) is 9.36 Å². The number of aromatic nitrogens is 3. The van der Waals surface area contributed by atoms with Crippen LogP contribution in [0.1, 0.15) is 28.9 Å². The largest absolute Gasteiger partial charge is 0.389 e. The third-order valence-corrected chi connectivity index (χ3v) is 7.48. The summed E-state index contributed by atoms with van der Waals surface area (Å²) in [6.07, 6.45) is 4.63. The van der Waals surface area contributed by atoms with E-state index in [1.165, 1.54) is 41.4 Å². The number of aliphatic hydroxyl groups excluding tert-OH is 1. The van der Waals surface area contributed by atoms with Crippen molar-refractivity contribution in [2.45, 2.75) is 17.9 Å². The van der Waals surface area contributed by atoms with Crippen LogP contribution in [0, 0.1) is 5.82 Å². The first-order chi connectivity index (χ1) is 17.6. The number of ether oxygens (including phenoxy) is 1. The third kappa shape index (κ3) is 4.85. The van der Waals surface area contributed by atoms with Crippen molar-refractivity contribution in [3.8, 4) is 17.1 Å². The van der Waals surface area contributed by atoms with E-state index < -0.39 is 21.8 Å². The van der Waals surface area contributed by atoms with Crippen molar-refractivity contribution in [1.29, 1.82) is 0 Å². The Morgan fingerprint density at radius 3 is 2.46 bits per heavy atom. The van der Waals surface area contributed by atoms with Gasteiger partial charge < -0.3 is 14.7 Å². The average molecular weight is 525 g/mol. The van der Waals surface area contributed by atoms with Gasteiger partial charge in [-0.25, -0.2) is 22.8 Å². The van der Waals surface area contributed by atoms with Crippen LogP contribution in [0.2, 0.25) is 0 Å². The number of hydrogen-bond donors (Lipinski definition) is 1. The molecule has 1 N–H and O–H groups in total. The van der Waals surface area contributed by atoms with Crippen molar-refractivity contribution >= 4 is 26.6 Å². The lowest BCUT2D eigenvalue weighted by Crippen LogP contribution is -2.40. The van der Waals surface area contributed by atoms with Crippen LogP contribution >= 0.6 is 0 Å². The highest BCUT2D eigenvalue weighted by atomic mass is 32.2. The Kier molecular flexibility index (Phi) is 6.52. The molecule has 9 nitrogen and oxygen atoms in total. The number of halogens is 1. The summed E-state index contributed by atoms with van der Waals surface area (Å²) < 4.78 is 46.4. The summed E-state index contributed by atoms with van der Waals surface area (Å²) in [6, 6.07) is 9.17. The van der Waals surface area contributed by atoms with Gasteiger partial charge in [-0.15, -0.1) is 0 Å². The van der Waals surface area contributed by atoms with Crippen molar-refractivity contribution in [3.63, 3.8) is 0 Å². The minimum Gasteiger partial charge on any atom is -0.389 e. The highest BCUT2D eigenvalue weighted by Crippen LogP contribution is 2.30. The second-order valence-electron chi connectivity index (χ2n) is 8.96. The van der Waals surface area contributed by atoms with Crippen LogP contribution in [0.25, 0.3) is 28.0 Å². The van der Waals surface area contributed by atoms with E-state index in [9.17, 15) is 22.7 Å². The summed E-state index contributed by atoms with van der Waals surface area (Å²) in [5.74, 6) is -0.506. The molecule has 0 bridgehead atoms. The van der Waals surface area contributed by atoms with E-state index in [-0.39, 0.29) is 22.3 Å². The van der Waals surface area contributed by atoms with Crippen molar-refractivity contribution in [1.82, 2.24) is 19.4 Å². The Labute approximate surface area is 213 Å². The summed E-state index contributed by atoms with van der Waals surface area (Å²) in [6.45, 7) is 3.46. The molecule has 1 amide bonds. The van der Waals surface area contributed by atoms with Crippen LogP contribution in [-0.2, 0) is 14.6 Å². The Balaban J connectivity index is 1.59. The van der Waals surface area contributed by atoms with Crippen LogP contribution < -0.4 is 0 Å². The molecule has 0 radical (unpaired) electrons. The molecular formula is C26H25FN4O5S. The lowest BCUT2D eigenvalue weighted by Gasteiger charge is -2.26. The number of carbonyl (C=O) groups is 1. The smallest absolute Gasteiger partial charge is 0.254 e. The molecule has 2 aromatic carbocycles. The SMILES string of the molecule is CC(O)c1ccc(F)c(-c2cnc(-n3cc(S(C)(=O)=O)c4ccc(C(=O)N5CCOCC5)cc43)nc2)c1. The van der Waals surface area contributed by atoms with Crippen molar-refractivity contribution in [3.05, 3.63) is 71.9 Å². The maximum atomic E-state index is 14.5. The number of sulfone groups is 1. The summed E-state index contributed by atoms with van der Waals surface area (Å²) in [5.41, 5.74) is 2.04. The van der Waals surface area contributed by atoms with Gasteiger partial charge in [0.05, 0.1) is 29.7 Å². The highest BCUT2D eigenvalue weighted by Gasteiger charge is 2.23. The molecule has 11 heteroatoms. The molecule has 1 saturated heterocycles. The molecule has 192 valence electrons. The number of morpholine rings is 1. The topological polar surface area (TPSA) is 115 Å². The molecule has 2 aromatic heterocycles. The highest BCUT2D eigenvalue weighted by molar-refractivity contribution is 7.91. The average Bonchev–Trinajstić information content (AvgIpc) is 3.28. The van der Waals surface area contributed by atoms with Crippen molar-refractivity contribution < 1.29 is 27.4 Å². The molecule has 3 heterocycles. The molecule has 0 saturated carbocycles. The Bertz CT molecular complexity index is 1590. The van der Waals surface area contributed by atoms with E-state index in [2.05, 4.69) is 9.97 Å². The molecule has 1 atom stereocenters. The Hall–Kier alpha value is -3.67. The van der Waals surface area contributed by atoms with Crippen molar-refractivity contribution in [2.75, 3.05) is 32.6 Å². The number of hydrogen-bond acceptors (Lipinski definition) is 7. The first-order valence-electron chi connectivity index (χ1n) is 11.7. The van der Waals surface area contributed by atoms with E-state index >= 15 is 0 Å². The van der Waals surface area contributed by atoms with Gasteiger partial charge in [-0.1, -0.05) is 12.1 Å². The number of amides is 1. The van der Waals surface area contributed by atoms with Crippen LogP contribution in [0.15, 0.2) is 59.9 Å². The first-order valence-corrected chi connectivity index (χ1v) is 13.5. The zero-order valence-corrected chi connectivity index (χ0v) is 21.1. The summed E-state index contributed by atoms with van der Waals surface area (Å²) in [7, 11) is -3.60. The fourth-order valence-corrected chi connectivity index (χ4v) is 5.22. The van der Waals surface area contributed by atoms with Crippen LogP contribution in [0.3, 0.4) is 0 Å². The van der Waals surface area contributed by atoms with Crippen molar-refractivity contribution in [2.24, 2.45) is 0 Å². The van der Waals surface area contributed by atoms with E-state index in [4.69, 9.17) is 4.74 Å². The minimum absolute atomic E-state index is 0.0798. The van der Waals surface area contributed by atoms with Crippen LogP contribution in [-0.4, -0.2) is 71.4 Å². The number of nitrogens with zero attached hydrogens (tertiary/aromatic N) is 4. The molecule has 0 spiro atoms. The lowest BCUT2D eigenvalue weighted by molar-refractivity contribution is 0.0303. The quantitative estimate of drug-likeness (QED) is 0.427. The van der Waals surface area contributed by atoms with Crippen LogP contribution in [0.5, 0.6) is 0 Å². The molecular weight excluding hydrogens is 499 g/mol. The summed E-state index contributed by atoms with van der Waals surface area (Å²) in [5, 5.41) is 10.3. The van der Waals surface area contributed by atoms with Gasteiger partial charge in [0.15, 0.2) is 9.84 Å². The van der Waals surface area contributed by atoms with E-state index in [0.717, 1.165) is 6.26 Å². The van der Waals surface area contributed by atoms with Gasteiger partial charge in [0.2, 0.25) is 5.95 Å². The fraction of sp³-hybridized carbons (Fsp3) is 0.269. The standard InChI is InChI=1S/C26H25FN4O5S/c1-16(32)17-4-6-22(27)21(11-17)19-13-28-26(29-14-19)31-15-24(37(2,34)35)20-5-3-18(12-23(20)31)25(33)30-7-9-36-10-8-30/h3-6,11-16,32H,7-10H2,1-2H3. The predicted molar refractivity (Wildman–Crippen MR) is 135 cm³/mol. The molecule has 5 rings (SSSR count). The number of carbonyl (C=O) groups excluding carboxylic acids is 1. The molecule has 1 aliphatic heterocycles. The summed E-state index contributed by atoms with van der Waals surface area (Å²) in [4.78, 5) is 23.6. The van der Waals surface area contributed by atoms with Gasteiger partial charge in [-0.05, 0) is 36.8 Å². The number of fused-ring (bicyclic) bond motifs is 1. The fourth-order valence-electron chi connectivity index (χ4n) is 4.35. The number of rotatable bonds is 5. The van der Waals surface area contributed by atoms with Gasteiger partial charge in [-0.2, -0.15) is 0 Å². The van der Waals surface area contributed by atoms with Gasteiger partial charge in [0.1, 0.15) is 5.82 Å². The molecule has 1 aliphatic rings. The summed E-state index contributed by atoms with van der Waals surface area (Å²) >= 11 is 0. The van der Waals surface area contributed by atoms with E-state index in [1.807, 2.05) is 0 Å². The van der Waals surface area contributed by atoms with E-state index in [1.54, 1.807) is 30.0 Å². The monoisotopic (exact) mass is 524 g/mol. The molecule has 1 fully saturated rings. The number of aliphatic hydroxyl groups is 1. The van der Waals surface area contributed by atoms with Gasteiger partial charge in [0, 0.05) is 60.0 Å². The molecule has 1 unspecified atom stereocenters. The molecule has 37 heavy (non-hydrogen) atoms. The maximum Gasteiger partial charge on any atom is 0.254 e. The first kappa shape index (κ1) is 25.0. The second kappa shape index (κ2) is 9.66. The Morgan fingerprint density at radius 2 is 1.81 bits per heavy atom. The maximum absolute atomic E-state index is 14.5. The molecule has 4 aromatic rings.